The number of hydrogen-bond donors (Lipinski definition) is 2. The van der Waals surface area contributed by atoms with Gasteiger partial charge in [-0.15, -0.1) is 11.3 Å². The molecule has 1 unspecified atom stereocenters. The Balaban J connectivity index is 2.12. The number of carbonyl (C=O) groups excluding carboxylic acids is 2. The molecular weight excluding hydrogens is 342 g/mol. The number of methoxy groups -OCH3 is 1. The maximum Gasteiger partial charge on any atom is 0.295 e. The first-order valence-corrected chi connectivity index (χ1v) is 8.53. The van der Waals surface area contributed by atoms with Crippen LogP contribution in [-0.4, -0.2) is 47.1 Å². The summed E-state index contributed by atoms with van der Waals surface area (Å²) in [6, 6.07) is 9.49. The van der Waals surface area contributed by atoms with Crippen molar-refractivity contribution in [3.8, 4) is 5.75 Å². The highest BCUT2D eigenvalue weighted by Crippen LogP contribution is 2.40. The molecule has 2 aromatic rings. The number of ether oxygens (including phenoxy) is 1. The molecule has 0 spiro atoms. The molecule has 7 heteroatoms. The maximum absolute atomic E-state index is 12.5. The number of benzene rings is 1. The highest BCUT2D eigenvalue weighted by atomic mass is 32.1. The number of rotatable bonds is 5. The molecule has 0 radical (unpaired) electrons. The number of ketones is 1. The minimum atomic E-state index is -0.750. The van der Waals surface area contributed by atoms with Gasteiger partial charge in [-0.2, -0.15) is 0 Å². The van der Waals surface area contributed by atoms with Gasteiger partial charge in [0.15, 0.2) is 0 Å². The zero-order chi connectivity index (χ0) is 18.0. The summed E-state index contributed by atoms with van der Waals surface area (Å²) in [5, 5.41) is 21.8. The predicted octanol–water partition coefficient (Wildman–Crippen LogP) is 2.17. The average molecular weight is 359 g/mol. The van der Waals surface area contributed by atoms with E-state index in [4.69, 9.17) is 4.74 Å². The van der Waals surface area contributed by atoms with E-state index < -0.39 is 17.7 Å². The van der Waals surface area contributed by atoms with Gasteiger partial charge >= 0.3 is 0 Å². The van der Waals surface area contributed by atoms with E-state index in [9.17, 15) is 19.8 Å². The second kappa shape index (κ2) is 7.08. The Morgan fingerprint density at radius 1 is 1.24 bits per heavy atom. The third-order valence-electron chi connectivity index (χ3n) is 4.06. The number of amides is 1. The molecule has 6 nitrogen and oxygen atoms in total. The van der Waals surface area contributed by atoms with Crippen LogP contribution in [0.25, 0.3) is 5.76 Å². The highest BCUT2D eigenvalue weighted by molar-refractivity contribution is 7.10. The van der Waals surface area contributed by atoms with E-state index in [-0.39, 0.29) is 24.5 Å². The van der Waals surface area contributed by atoms with Crippen molar-refractivity contribution < 1.29 is 24.5 Å². The van der Waals surface area contributed by atoms with Crippen LogP contribution in [0.3, 0.4) is 0 Å². The molecule has 3 rings (SSSR count). The SMILES string of the molecule is COc1ccc(/C(O)=C2/C(=O)C(=O)N(CCO)C2c2cccs2)cc1. The van der Waals surface area contributed by atoms with E-state index in [2.05, 4.69) is 0 Å². The van der Waals surface area contributed by atoms with Gasteiger partial charge in [0.2, 0.25) is 0 Å². The molecule has 1 fully saturated rings. The molecule has 1 atom stereocenters. The number of Topliss-reactive ketones (excluding diaryl/α,β-unsaturated/α-hetero) is 1. The van der Waals surface area contributed by atoms with Crippen LogP contribution in [0.4, 0.5) is 0 Å². The van der Waals surface area contributed by atoms with Gasteiger partial charge < -0.3 is 19.8 Å². The summed E-state index contributed by atoms with van der Waals surface area (Å²) in [4.78, 5) is 26.9. The van der Waals surface area contributed by atoms with Crippen LogP contribution in [0.15, 0.2) is 47.4 Å². The lowest BCUT2D eigenvalue weighted by Gasteiger charge is -2.23. The third kappa shape index (κ3) is 3.04. The fourth-order valence-electron chi connectivity index (χ4n) is 2.87. The van der Waals surface area contributed by atoms with Crippen molar-refractivity contribution in [2.24, 2.45) is 0 Å². The van der Waals surface area contributed by atoms with Gasteiger partial charge in [0.1, 0.15) is 11.5 Å². The zero-order valence-corrected chi connectivity index (χ0v) is 14.3. The van der Waals surface area contributed by atoms with Crippen LogP contribution >= 0.6 is 11.3 Å². The van der Waals surface area contributed by atoms with Crippen molar-refractivity contribution in [3.63, 3.8) is 0 Å². The Kier molecular flexibility index (Phi) is 4.87. The predicted molar refractivity (Wildman–Crippen MR) is 93.4 cm³/mol. The molecule has 1 aliphatic heterocycles. The molecule has 2 N–H and O–H groups in total. The van der Waals surface area contributed by atoms with Crippen LogP contribution in [0.5, 0.6) is 5.75 Å². The monoisotopic (exact) mass is 359 g/mol. The Labute approximate surface area is 148 Å². The van der Waals surface area contributed by atoms with Crippen molar-refractivity contribution >= 4 is 28.8 Å². The Bertz CT molecular complexity index is 811. The lowest BCUT2D eigenvalue weighted by Crippen LogP contribution is -2.31. The molecular formula is C18H17NO5S. The van der Waals surface area contributed by atoms with Crippen molar-refractivity contribution in [1.29, 1.82) is 0 Å². The molecule has 2 heterocycles. The van der Waals surface area contributed by atoms with E-state index in [0.717, 1.165) is 4.88 Å². The summed E-state index contributed by atoms with van der Waals surface area (Å²) in [6.45, 7) is -0.246. The number of hydrogen-bond acceptors (Lipinski definition) is 6. The smallest absolute Gasteiger partial charge is 0.295 e. The lowest BCUT2D eigenvalue weighted by atomic mass is 10.00. The molecule has 1 aromatic carbocycles. The summed E-state index contributed by atoms with van der Waals surface area (Å²) in [6.07, 6.45) is 0. The van der Waals surface area contributed by atoms with Crippen LogP contribution in [0, 0.1) is 0 Å². The van der Waals surface area contributed by atoms with Gasteiger partial charge in [-0.3, -0.25) is 9.59 Å². The van der Waals surface area contributed by atoms with Crippen LogP contribution in [0.2, 0.25) is 0 Å². The minimum absolute atomic E-state index is 0.0204. The number of aliphatic hydroxyl groups excluding tert-OH is 2. The Morgan fingerprint density at radius 3 is 2.52 bits per heavy atom. The average Bonchev–Trinajstić information content (AvgIpc) is 3.24. The first-order chi connectivity index (χ1) is 12.1. The maximum atomic E-state index is 12.5. The van der Waals surface area contributed by atoms with Gasteiger partial charge in [0, 0.05) is 17.0 Å². The number of carbonyl (C=O) groups is 2. The fraction of sp³-hybridized carbons (Fsp3) is 0.222. The summed E-state index contributed by atoms with van der Waals surface area (Å²) in [5.41, 5.74) is 0.454. The van der Waals surface area contributed by atoms with Gasteiger partial charge in [0.25, 0.3) is 11.7 Å². The highest BCUT2D eigenvalue weighted by Gasteiger charge is 2.46. The van der Waals surface area contributed by atoms with Crippen LogP contribution in [0.1, 0.15) is 16.5 Å². The van der Waals surface area contributed by atoms with Gasteiger partial charge in [0.05, 0.1) is 25.3 Å². The second-order valence-electron chi connectivity index (χ2n) is 5.46. The largest absolute Gasteiger partial charge is 0.507 e. The van der Waals surface area contributed by atoms with Crippen LogP contribution in [-0.2, 0) is 9.59 Å². The number of β-amino-alcohol motifs (C(OH)–C–C–N with tert-alkyl or cyclic N) is 1. The van der Waals surface area contributed by atoms with Crippen LogP contribution < -0.4 is 4.74 Å². The first-order valence-electron chi connectivity index (χ1n) is 7.65. The fourth-order valence-corrected chi connectivity index (χ4v) is 3.71. The molecule has 25 heavy (non-hydrogen) atoms. The molecule has 0 saturated carbocycles. The number of thiophene rings is 1. The molecule has 0 bridgehead atoms. The molecule has 130 valence electrons. The Hall–Kier alpha value is -2.64. The van der Waals surface area contributed by atoms with Gasteiger partial charge in [-0.05, 0) is 35.7 Å². The van der Waals surface area contributed by atoms with Gasteiger partial charge in [-0.1, -0.05) is 6.07 Å². The van der Waals surface area contributed by atoms with E-state index in [1.807, 2.05) is 11.4 Å². The van der Waals surface area contributed by atoms with Gasteiger partial charge in [-0.25, -0.2) is 0 Å². The van der Waals surface area contributed by atoms with E-state index in [1.165, 1.54) is 23.3 Å². The Morgan fingerprint density at radius 2 is 1.96 bits per heavy atom. The number of likely N-dealkylation sites (tertiary alicyclic amines) is 1. The molecule has 0 aliphatic carbocycles. The minimum Gasteiger partial charge on any atom is -0.507 e. The van der Waals surface area contributed by atoms with E-state index in [0.29, 0.717) is 11.3 Å². The summed E-state index contributed by atoms with van der Waals surface area (Å²) >= 11 is 1.38. The summed E-state index contributed by atoms with van der Waals surface area (Å²) < 4.78 is 5.09. The molecule has 1 aromatic heterocycles. The quantitative estimate of drug-likeness (QED) is 0.485. The van der Waals surface area contributed by atoms with E-state index >= 15 is 0 Å². The topological polar surface area (TPSA) is 87.1 Å². The van der Waals surface area contributed by atoms with Crippen molar-refractivity contribution in [2.75, 3.05) is 20.3 Å². The van der Waals surface area contributed by atoms with Crippen molar-refractivity contribution in [1.82, 2.24) is 4.90 Å². The third-order valence-corrected chi connectivity index (χ3v) is 4.98. The van der Waals surface area contributed by atoms with E-state index in [1.54, 1.807) is 30.3 Å². The molecule has 1 aliphatic rings. The lowest BCUT2D eigenvalue weighted by molar-refractivity contribution is -0.140. The normalized spacial score (nSPS) is 19.4. The van der Waals surface area contributed by atoms with Crippen molar-refractivity contribution in [2.45, 2.75) is 6.04 Å². The molecule has 1 amide bonds. The molecule has 1 saturated heterocycles. The number of aliphatic hydroxyl groups is 2. The first kappa shape index (κ1) is 17.2. The second-order valence-corrected chi connectivity index (χ2v) is 6.44. The number of nitrogens with zero attached hydrogens (tertiary/aromatic N) is 1. The summed E-state index contributed by atoms with van der Waals surface area (Å²) in [7, 11) is 1.53. The zero-order valence-electron chi connectivity index (χ0n) is 13.5. The summed E-state index contributed by atoms with van der Waals surface area (Å²) in [5.74, 6) is -1.09. The van der Waals surface area contributed by atoms with Crippen molar-refractivity contribution in [3.05, 3.63) is 57.8 Å². The standard InChI is InChI=1S/C18H17NO5S/c1-24-12-6-4-11(5-7-12)16(21)14-15(13-3-2-10-25-13)19(8-9-20)18(23)17(14)22/h2-7,10,15,20-21H,8-9H2,1H3/b16-14-.